The molecule has 6 heteroatoms. The van der Waals surface area contributed by atoms with Crippen LogP contribution in [0.4, 0.5) is 11.4 Å². The number of benzene rings is 3. The van der Waals surface area contributed by atoms with Crippen LogP contribution in [0.15, 0.2) is 72.8 Å². The molecule has 0 unspecified atom stereocenters. The van der Waals surface area contributed by atoms with E-state index in [0.29, 0.717) is 31.5 Å². The normalized spacial score (nSPS) is 12.5. The van der Waals surface area contributed by atoms with Gasteiger partial charge in [0.1, 0.15) is 6.54 Å². The largest absolute Gasteiger partial charge is 0.480 e. The number of carbonyl (C=O) groups excluding carboxylic acids is 1. The summed E-state index contributed by atoms with van der Waals surface area (Å²) in [6.45, 7) is 0.901. The van der Waals surface area contributed by atoms with E-state index in [0.717, 1.165) is 40.9 Å². The van der Waals surface area contributed by atoms with Gasteiger partial charge >= 0.3 is 5.97 Å². The number of aryl methyl sites for hydroxylation is 2. The fraction of sp³-hybridized carbons (Fsp3) is 0.250. The summed E-state index contributed by atoms with van der Waals surface area (Å²) in [5.41, 5.74) is 5.29. The second kappa shape index (κ2) is 10.7. The summed E-state index contributed by atoms with van der Waals surface area (Å²) in [6.07, 6.45) is 2.66. The maximum absolute atomic E-state index is 13.4. The van der Waals surface area contributed by atoms with Gasteiger partial charge in [-0.2, -0.15) is 5.26 Å². The van der Waals surface area contributed by atoms with Crippen molar-refractivity contribution in [3.05, 3.63) is 95.1 Å². The van der Waals surface area contributed by atoms with Crippen LogP contribution < -0.4 is 9.80 Å². The summed E-state index contributed by atoms with van der Waals surface area (Å²) >= 11 is 0. The summed E-state index contributed by atoms with van der Waals surface area (Å²) < 4.78 is 0. The molecule has 6 nitrogen and oxygen atoms in total. The fourth-order valence-corrected chi connectivity index (χ4v) is 4.46. The molecule has 0 aromatic heterocycles. The second-order valence-corrected chi connectivity index (χ2v) is 8.48. The Hall–Kier alpha value is -4.11. The van der Waals surface area contributed by atoms with Gasteiger partial charge in [-0.15, -0.1) is 0 Å². The van der Waals surface area contributed by atoms with E-state index in [4.69, 9.17) is 5.26 Å². The van der Waals surface area contributed by atoms with Crippen LogP contribution >= 0.6 is 0 Å². The zero-order valence-electron chi connectivity index (χ0n) is 19.0. The molecule has 0 atom stereocenters. The van der Waals surface area contributed by atoms with E-state index in [1.54, 1.807) is 12.1 Å². The number of carboxylic acid groups (broad SMARTS) is 1. The monoisotopic (exact) mass is 453 g/mol. The van der Waals surface area contributed by atoms with Gasteiger partial charge in [0.15, 0.2) is 0 Å². The van der Waals surface area contributed by atoms with Crippen molar-refractivity contribution in [2.24, 2.45) is 0 Å². The Morgan fingerprint density at radius 1 is 0.971 bits per heavy atom. The minimum absolute atomic E-state index is 0.0211. The van der Waals surface area contributed by atoms with E-state index in [9.17, 15) is 14.7 Å². The molecular weight excluding hydrogens is 426 g/mol. The molecule has 34 heavy (non-hydrogen) atoms. The lowest BCUT2D eigenvalue weighted by atomic mass is 9.98. The molecule has 1 N–H and O–H groups in total. The van der Waals surface area contributed by atoms with E-state index in [-0.39, 0.29) is 12.5 Å². The van der Waals surface area contributed by atoms with Crippen LogP contribution in [-0.2, 0) is 29.0 Å². The molecular formula is C28H27N3O3. The van der Waals surface area contributed by atoms with E-state index >= 15 is 0 Å². The molecule has 1 aliphatic rings. The van der Waals surface area contributed by atoms with Crippen molar-refractivity contribution in [3.63, 3.8) is 0 Å². The second-order valence-electron chi connectivity index (χ2n) is 8.48. The third kappa shape index (κ3) is 5.44. The highest BCUT2D eigenvalue weighted by Gasteiger charge is 2.27. The van der Waals surface area contributed by atoms with Gasteiger partial charge in [-0.3, -0.25) is 9.59 Å². The summed E-state index contributed by atoms with van der Waals surface area (Å²) in [5.74, 6) is -0.893. The van der Waals surface area contributed by atoms with Crippen LogP contribution in [0.3, 0.4) is 0 Å². The Kier molecular flexibility index (Phi) is 7.24. The van der Waals surface area contributed by atoms with Crippen molar-refractivity contribution >= 4 is 23.3 Å². The van der Waals surface area contributed by atoms with Crippen molar-refractivity contribution in [1.82, 2.24) is 0 Å². The zero-order valence-corrected chi connectivity index (χ0v) is 19.0. The van der Waals surface area contributed by atoms with Gasteiger partial charge in [0, 0.05) is 19.5 Å². The number of para-hydroxylation sites is 1. The standard InChI is InChI=1S/C28H27N3O3/c29-18-22-13-11-21(12-14-22)15-16-26(32)31-17-5-9-24-8-4-10-25(28(24)31)30(20-27(33)34)19-23-6-2-1-3-7-23/h1-4,6-8,10-14H,5,9,15-17,19-20H2,(H,33,34). The Morgan fingerprint density at radius 3 is 2.44 bits per heavy atom. The number of aliphatic carboxylic acids is 1. The van der Waals surface area contributed by atoms with Crippen LogP contribution in [0.1, 0.15) is 35.1 Å². The molecule has 1 heterocycles. The van der Waals surface area contributed by atoms with Crippen molar-refractivity contribution in [2.75, 3.05) is 22.9 Å². The lowest BCUT2D eigenvalue weighted by Crippen LogP contribution is -2.38. The summed E-state index contributed by atoms with van der Waals surface area (Å²) in [4.78, 5) is 28.7. The summed E-state index contributed by atoms with van der Waals surface area (Å²) in [6, 6.07) is 25.1. The number of rotatable bonds is 8. The number of amides is 1. The lowest BCUT2D eigenvalue weighted by molar-refractivity contribution is -0.135. The summed E-state index contributed by atoms with van der Waals surface area (Å²) in [7, 11) is 0. The minimum Gasteiger partial charge on any atom is -0.480 e. The molecule has 0 bridgehead atoms. The first-order chi connectivity index (χ1) is 16.5. The van der Waals surface area contributed by atoms with Crippen molar-refractivity contribution in [3.8, 4) is 6.07 Å². The number of fused-ring (bicyclic) bond motifs is 1. The number of nitriles is 1. The van der Waals surface area contributed by atoms with Crippen LogP contribution in [0.5, 0.6) is 0 Å². The molecule has 1 amide bonds. The third-order valence-corrected chi connectivity index (χ3v) is 6.09. The van der Waals surface area contributed by atoms with E-state index in [1.165, 1.54) is 0 Å². The Labute approximate surface area is 199 Å². The van der Waals surface area contributed by atoms with Crippen LogP contribution in [-0.4, -0.2) is 30.1 Å². The lowest BCUT2D eigenvalue weighted by Gasteiger charge is -2.35. The topological polar surface area (TPSA) is 84.6 Å². The van der Waals surface area contributed by atoms with E-state index in [2.05, 4.69) is 6.07 Å². The van der Waals surface area contributed by atoms with Crippen LogP contribution in [0.2, 0.25) is 0 Å². The maximum atomic E-state index is 13.4. The first-order valence-corrected chi connectivity index (χ1v) is 11.5. The Balaban J connectivity index is 1.60. The van der Waals surface area contributed by atoms with Gasteiger partial charge in [-0.25, -0.2) is 0 Å². The van der Waals surface area contributed by atoms with E-state index < -0.39 is 5.97 Å². The number of carboxylic acids is 1. The molecule has 0 saturated carbocycles. The average molecular weight is 454 g/mol. The predicted molar refractivity (Wildman–Crippen MR) is 132 cm³/mol. The Bertz CT molecular complexity index is 1200. The molecule has 1 aliphatic heterocycles. The zero-order chi connectivity index (χ0) is 23.9. The number of carbonyl (C=O) groups is 2. The molecule has 3 aromatic rings. The molecule has 0 aliphatic carbocycles. The van der Waals surface area contributed by atoms with Crippen LogP contribution in [0, 0.1) is 11.3 Å². The van der Waals surface area contributed by atoms with Crippen molar-refractivity contribution in [2.45, 2.75) is 32.2 Å². The first-order valence-electron chi connectivity index (χ1n) is 11.5. The quantitative estimate of drug-likeness (QED) is 0.540. The molecule has 0 fully saturated rings. The minimum atomic E-state index is -0.914. The molecule has 4 rings (SSSR count). The van der Waals surface area contributed by atoms with Gasteiger partial charge in [-0.1, -0.05) is 54.6 Å². The molecule has 0 saturated heterocycles. The van der Waals surface area contributed by atoms with Crippen molar-refractivity contribution < 1.29 is 14.7 Å². The van der Waals surface area contributed by atoms with Gasteiger partial charge in [-0.05, 0) is 54.2 Å². The fourth-order valence-electron chi connectivity index (χ4n) is 4.46. The SMILES string of the molecule is N#Cc1ccc(CCC(=O)N2CCCc3cccc(N(CC(=O)O)Cc4ccccc4)c32)cc1. The number of nitrogens with zero attached hydrogens (tertiary/aromatic N) is 3. The smallest absolute Gasteiger partial charge is 0.323 e. The van der Waals surface area contributed by atoms with Crippen molar-refractivity contribution in [1.29, 1.82) is 5.26 Å². The predicted octanol–water partition coefficient (Wildman–Crippen LogP) is 4.56. The molecule has 0 radical (unpaired) electrons. The number of anilines is 2. The number of hydrogen-bond acceptors (Lipinski definition) is 4. The highest BCUT2D eigenvalue weighted by Crippen LogP contribution is 2.38. The van der Waals surface area contributed by atoms with Crippen LogP contribution in [0.25, 0.3) is 0 Å². The highest BCUT2D eigenvalue weighted by atomic mass is 16.4. The molecule has 0 spiro atoms. The first kappa shape index (κ1) is 23.1. The van der Waals surface area contributed by atoms with Gasteiger partial charge in [0.25, 0.3) is 0 Å². The third-order valence-electron chi connectivity index (χ3n) is 6.09. The highest BCUT2D eigenvalue weighted by molar-refractivity contribution is 5.99. The maximum Gasteiger partial charge on any atom is 0.323 e. The van der Waals surface area contributed by atoms with Gasteiger partial charge in [0.2, 0.25) is 5.91 Å². The average Bonchev–Trinajstić information content (AvgIpc) is 2.87. The molecule has 172 valence electrons. The molecule has 3 aromatic carbocycles. The van der Waals surface area contributed by atoms with Gasteiger partial charge in [0.05, 0.1) is 23.0 Å². The summed E-state index contributed by atoms with van der Waals surface area (Å²) in [5, 5.41) is 18.6. The Morgan fingerprint density at radius 2 is 1.74 bits per heavy atom. The number of hydrogen-bond donors (Lipinski definition) is 1. The van der Waals surface area contributed by atoms with E-state index in [1.807, 2.05) is 70.5 Å². The van der Waals surface area contributed by atoms with Gasteiger partial charge < -0.3 is 14.9 Å².